The van der Waals surface area contributed by atoms with Crippen LogP contribution in [0.2, 0.25) is 0 Å². The first kappa shape index (κ1) is 21.8. The smallest absolute Gasteiger partial charge is 0.271 e. The zero-order chi connectivity index (χ0) is 23.3. The van der Waals surface area contributed by atoms with Gasteiger partial charge in [0.05, 0.1) is 18.3 Å². The molecule has 0 unspecified atom stereocenters. The van der Waals surface area contributed by atoms with E-state index in [2.05, 4.69) is 19.2 Å². The standard InChI is InChI=1S/C27H33N3O3/c1-17-9-7-11-21(19(17)3)28-26(32)27(4)16-29-22-12-13-33-24(22)14-23(29)25(31)30(27)15-20-10-6-5-8-18(20)2/h5-6,8,10,12-14,17,19,21H,7,9,11,15-16H2,1-4H3,(H,28,32)/t17-,19-,21+,27+/m0/s1. The summed E-state index contributed by atoms with van der Waals surface area (Å²) in [6, 6.07) is 11.8. The number of hydrogen-bond acceptors (Lipinski definition) is 3. The Bertz CT molecular complexity index is 1210. The summed E-state index contributed by atoms with van der Waals surface area (Å²) in [5.74, 6) is 0.776. The topological polar surface area (TPSA) is 67.5 Å². The van der Waals surface area contributed by atoms with Crippen molar-refractivity contribution in [2.24, 2.45) is 11.8 Å². The maximum atomic E-state index is 13.9. The van der Waals surface area contributed by atoms with E-state index in [0.717, 1.165) is 29.5 Å². The van der Waals surface area contributed by atoms with Gasteiger partial charge in [-0.1, -0.05) is 51.0 Å². The van der Waals surface area contributed by atoms with Crippen molar-refractivity contribution in [2.45, 2.75) is 71.6 Å². The lowest BCUT2D eigenvalue weighted by Gasteiger charge is -2.45. The highest BCUT2D eigenvalue weighted by atomic mass is 16.3. The number of furan rings is 1. The van der Waals surface area contributed by atoms with Crippen LogP contribution in [-0.2, 0) is 17.9 Å². The van der Waals surface area contributed by atoms with Gasteiger partial charge in [0.1, 0.15) is 11.2 Å². The molecule has 0 saturated heterocycles. The predicted molar refractivity (Wildman–Crippen MR) is 128 cm³/mol. The van der Waals surface area contributed by atoms with E-state index < -0.39 is 5.54 Å². The van der Waals surface area contributed by atoms with Crippen LogP contribution in [0.25, 0.3) is 11.1 Å². The van der Waals surface area contributed by atoms with Gasteiger partial charge in [-0.05, 0) is 43.2 Å². The molecule has 3 heterocycles. The molecule has 6 nitrogen and oxygen atoms in total. The molecule has 174 valence electrons. The lowest BCUT2D eigenvalue weighted by Crippen LogP contribution is -2.65. The molecule has 1 fully saturated rings. The largest absolute Gasteiger partial charge is 0.463 e. The molecule has 1 aliphatic heterocycles. The van der Waals surface area contributed by atoms with Gasteiger partial charge in [0, 0.05) is 24.7 Å². The first-order valence-corrected chi connectivity index (χ1v) is 12.0. The van der Waals surface area contributed by atoms with Gasteiger partial charge < -0.3 is 19.2 Å². The van der Waals surface area contributed by atoms with Gasteiger partial charge in [0.15, 0.2) is 5.58 Å². The summed E-state index contributed by atoms with van der Waals surface area (Å²) in [4.78, 5) is 29.5. The molecule has 1 aliphatic carbocycles. The van der Waals surface area contributed by atoms with Crippen molar-refractivity contribution in [2.75, 3.05) is 0 Å². The van der Waals surface area contributed by atoms with Crippen molar-refractivity contribution < 1.29 is 14.0 Å². The van der Waals surface area contributed by atoms with Crippen LogP contribution >= 0.6 is 0 Å². The first-order chi connectivity index (χ1) is 15.8. The number of carbonyl (C=O) groups is 2. The van der Waals surface area contributed by atoms with E-state index in [4.69, 9.17) is 4.42 Å². The highest BCUT2D eigenvalue weighted by Crippen LogP contribution is 2.35. The molecule has 2 amide bonds. The monoisotopic (exact) mass is 447 g/mol. The van der Waals surface area contributed by atoms with E-state index in [1.165, 1.54) is 6.42 Å². The summed E-state index contributed by atoms with van der Waals surface area (Å²) in [6.45, 7) is 9.23. The second kappa shape index (κ2) is 8.08. The molecule has 33 heavy (non-hydrogen) atoms. The third kappa shape index (κ3) is 3.56. The number of rotatable bonds is 4. The van der Waals surface area contributed by atoms with E-state index in [0.29, 0.717) is 36.2 Å². The van der Waals surface area contributed by atoms with Crippen LogP contribution in [-0.4, -0.2) is 32.9 Å². The average Bonchev–Trinajstić information content (AvgIpc) is 3.38. The number of benzene rings is 1. The number of carbonyl (C=O) groups excluding carboxylic acids is 2. The summed E-state index contributed by atoms with van der Waals surface area (Å²) in [6.07, 6.45) is 4.94. The number of amides is 2. The molecule has 4 atom stereocenters. The molecule has 5 rings (SSSR count). The van der Waals surface area contributed by atoms with Crippen molar-refractivity contribution in [3.05, 3.63) is 59.5 Å². The van der Waals surface area contributed by atoms with Crippen LogP contribution in [0.1, 0.15) is 61.6 Å². The summed E-state index contributed by atoms with van der Waals surface area (Å²) < 4.78 is 7.52. The number of fused-ring (bicyclic) bond motifs is 3. The molecular formula is C27H33N3O3. The SMILES string of the molecule is Cc1ccccc1CN1C(=O)c2cc3occc3n2C[C@]1(C)C(=O)N[C@@H]1CCC[C@H](C)[C@@H]1C. The van der Waals surface area contributed by atoms with Crippen LogP contribution in [0, 0.1) is 18.8 Å². The third-order valence-electron chi connectivity index (χ3n) is 8.15. The van der Waals surface area contributed by atoms with Gasteiger partial charge in [0.2, 0.25) is 5.91 Å². The highest BCUT2D eigenvalue weighted by molar-refractivity contribution is 6.02. The fraction of sp³-hybridized carbons (Fsp3) is 0.481. The minimum absolute atomic E-state index is 0.0774. The second-order valence-electron chi connectivity index (χ2n) is 10.2. The van der Waals surface area contributed by atoms with E-state index in [1.54, 1.807) is 17.2 Å². The molecule has 0 bridgehead atoms. The maximum Gasteiger partial charge on any atom is 0.271 e. The summed E-state index contributed by atoms with van der Waals surface area (Å²) >= 11 is 0. The van der Waals surface area contributed by atoms with Gasteiger partial charge in [-0.3, -0.25) is 9.59 Å². The molecule has 2 aliphatic rings. The van der Waals surface area contributed by atoms with E-state index in [-0.39, 0.29) is 17.9 Å². The molecule has 1 aromatic carbocycles. The predicted octanol–water partition coefficient (Wildman–Crippen LogP) is 4.90. The Hall–Kier alpha value is -3.02. The quantitative estimate of drug-likeness (QED) is 0.619. The van der Waals surface area contributed by atoms with Gasteiger partial charge in [-0.2, -0.15) is 0 Å². The molecule has 1 saturated carbocycles. The van der Waals surface area contributed by atoms with Crippen molar-refractivity contribution in [3.63, 3.8) is 0 Å². The molecule has 0 radical (unpaired) electrons. The Labute approximate surface area is 194 Å². The third-order valence-corrected chi connectivity index (χ3v) is 8.15. The number of nitrogens with zero attached hydrogens (tertiary/aromatic N) is 2. The van der Waals surface area contributed by atoms with Gasteiger partial charge in [-0.25, -0.2) is 0 Å². The van der Waals surface area contributed by atoms with Crippen molar-refractivity contribution in [1.29, 1.82) is 0 Å². The van der Waals surface area contributed by atoms with E-state index in [1.807, 2.05) is 48.7 Å². The summed E-state index contributed by atoms with van der Waals surface area (Å²) in [7, 11) is 0. The van der Waals surface area contributed by atoms with E-state index in [9.17, 15) is 9.59 Å². The maximum absolute atomic E-state index is 13.9. The Balaban J connectivity index is 1.54. The van der Waals surface area contributed by atoms with Crippen LogP contribution < -0.4 is 5.32 Å². The average molecular weight is 448 g/mol. The minimum atomic E-state index is -1.02. The van der Waals surface area contributed by atoms with Crippen LogP contribution in [0.5, 0.6) is 0 Å². The summed E-state index contributed by atoms with van der Waals surface area (Å²) in [5, 5.41) is 3.36. The van der Waals surface area contributed by atoms with Crippen molar-refractivity contribution in [1.82, 2.24) is 14.8 Å². The van der Waals surface area contributed by atoms with Crippen molar-refractivity contribution >= 4 is 22.9 Å². The Morgan fingerprint density at radius 2 is 2.00 bits per heavy atom. The minimum Gasteiger partial charge on any atom is -0.463 e. The molecule has 2 aromatic heterocycles. The zero-order valence-electron chi connectivity index (χ0n) is 19.9. The van der Waals surface area contributed by atoms with Gasteiger partial charge >= 0.3 is 0 Å². The molecule has 3 aromatic rings. The molecule has 6 heteroatoms. The second-order valence-corrected chi connectivity index (χ2v) is 10.2. The Morgan fingerprint density at radius 3 is 2.79 bits per heavy atom. The molecular weight excluding hydrogens is 414 g/mol. The zero-order valence-corrected chi connectivity index (χ0v) is 19.9. The van der Waals surface area contributed by atoms with E-state index >= 15 is 0 Å². The normalized spacial score (nSPS) is 27.6. The Kier molecular flexibility index (Phi) is 5.34. The van der Waals surface area contributed by atoms with Crippen LogP contribution in [0.3, 0.4) is 0 Å². The van der Waals surface area contributed by atoms with Crippen molar-refractivity contribution in [3.8, 4) is 0 Å². The molecule has 1 N–H and O–H groups in total. The summed E-state index contributed by atoms with van der Waals surface area (Å²) in [5.41, 5.74) is 3.24. The van der Waals surface area contributed by atoms with Gasteiger partial charge in [-0.15, -0.1) is 0 Å². The van der Waals surface area contributed by atoms with Crippen LogP contribution in [0.15, 0.2) is 47.1 Å². The van der Waals surface area contributed by atoms with Gasteiger partial charge in [0.25, 0.3) is 5.91 Å². The molecule has 0 spiro atoms. The lowest BCUT2D eigenvalue weighted by atomic mass is 9.77. The number of aromatic nitrogens is 1. The number of nitrogens with one attached hydrogen (secondary N) is 1. The van der Waals surface area contributed by atoms with Crippen LogP contribution in [0.4, 0.5) is 0 Å². The fourth-order valence-electron chi connectivity index (χ4n) is 5.59. The fourth-order valence-corrected chi connectivity index (χ4v) is 5.59. The lowest BCUT2D eigenvalue weighted by molar-refractivity contribution is -0.134. The number of aryl methyl sites for hydroxylation is 1. The first-order valence-electron chi connectivity index (χ1n) is 12.0. The Morgan fingerprint density at radius 1 is 1.21 bits per heavy atom. The highest BCUT2D eigenvalue weighted by Gasteiger charge is 2.49. The number of hydrogen-bond donors (Lipinski definition) is 1.